The van der Waals surface area contributed by atoms with E-state index < -0.39 is 0 Å². The van der Waals surface area contributed by atoms with Gasteiger partial charge in [-0.2, -0.15) is 0 Å². The lowest BCUT2D eigenvalue weighted by molar-refractivity contribution is 0.0909. The van der Waals surface area contributed by atoms with E-state index in [9.17, 15) is 4.79 Å². The smallest absolute Gasteiger partial charge is 0.252 e. The highest BCUT2D eigenvalue weighted by atomic mass is 16.5. The molecule has 1 spiro atoms. The number of hydrogen-bond acceptors (Lipinski definition) is 6. The fraction of sp³-hybridized carbons (Fsp3) is 0.421. The molecule has 0 radical (unpaired) electrons. The number of aromatic nitrogens is 2. The highest BCUT2D eigenvalue weighted by Gasteiger charge is 2.44. The van der Waals surface area contributed by atoms with Crippen LogP contribution in [0.4, 0.5) is 17.3 Å². The van der Waals surface area contributed by atoms with Crippen molar-refractivity contribution >= 4 is 23.2 Å². The van der Waals surface area contributed by atoms with Crippen LogP contribution in [-0.2, 0) is 5.54 Å². The largest absolute Gasteiger partial charge is 0.490 e. The molecule has 4 N–H and O–H groups in total. The quantitative estimate of drug-likeness (QED) is 0.784. The third-order valence-electron chi connectivity index (χ3n) is 5.44. The lowest BCUT2D eigenvalue weighted by atomic mass is 9.77. The molecule has 1 amide bonds. The van der Waals surface area contributed by atoms with Crippen molar-refractivity contribution in [3.8, 4) is 5.75 Å². The lowest BCUT2D eigenvalue weighted by Crippen LogP contribution is -2.40. The van der Waals surface area contributed by atoms with Gasteiger partial charge in [-0.15, -0.1) is 0 Å². The van der Waals surface area contributed by atoms with Crippen molar-refractivity contribution in [1.82, 2.24) is 15.3 Å². The third kappa shape index (κ3) is 2.55. The van der Waals surface area contributed by atoms with E-state index in [-0.39, 0.29) is 17.3 Å². The molecule has 136 valence electrons. The summed E-state index contributed by atoms with van der Waals surface area (Å²) >= 11 is 0. The molecule has 0 bridgehead atoms. The molecule has 2 aromatic rings. The maximum atomic E-state index is 12.6. The standard InChI is InChI=1S/C19H23N5O2/c1-11-8-12(23-17-15(26-2)16(20)21-10-22-17)9-13-14(11)18(25)24-19(13)6-4-3-5-7-19/h8-10H,3-7H2,1-2H3,(H,24,25)(H3,20,21,22,23). The van der Waals surface area contributed by atoms with Crippen LogP contribution >= 0.6 is 0 Å². The summed E-state index contributed by atoms with van der Waals surface area (Å²) in [7, 11) is 1.54. The number of ether oxygens (including phenoxy) is 1. The molecule has 1 aliphatic carbocycles. The van der Waals surface area contributed by atoms with Crippen LogP contribution in [-0.4, -0.2) is 23.0 Å². The number of amides is 1. The molecule has 1 aliphatic heterocycles. The summed E-state index contributed by atoms with van der Waals surface area (Å²) in [4.78, 5) is 20.8. The Balaban J connectivity index is 1.77. The second-order valence-electron chi connectivity index (χ2n) is 7.08. The number of anilines is 3. The number of carbonyl (C=O) groups excluding carboxylic acids is 1. The second kappa shape index (κ2) is 6.16. The highest BCUT2D eigenvalue weighted by Crippen LogP contribution is 2.45. The Kier molecular flexibility index (Phi) is 3.94. The summed E-state index contributed by atoms with van der Waals surface area (Å²) < 4.78 is 5.32. The van der Waals surface area contributed by atoms with Crippen LogP contribution in [0.5, 0.6) is 5.75 Å². The van der Waals surface area contributed by atoms with E-state index in [1.54, 1.807) is 0 Å². The molecule has 0 atom stereocenters. The van der Waals surface area contributed by atoms with Gasteiger partial charge in [0.25, 0.3) is 5.91 Å². The van der Waals surface area contributed by atoms with E-state index in [1.807, 2.05) is 13.0 Å². The highest BCUT2D eigenvalue weighted by molar-refractivity contribution is 6.02. The summed E-state index contributed by atoms with van der Waals surface area (Å²) in [5.41, 5.74) is 9.34. The van der Waals surface area contributed by atoms with Crippen LogP contribution in [0.2, 0.25) is 0 Å². The Morgan fingerprint density at radius 3 is 2.73 bits per heavy atom. The van der Waals surface area contributed by atoms with Gasteiger partial charge in [0.1, 0.15) is 6.33 Å². The van der Waals surface area contributed by atoms with Crippen LogP contribution in [0.25, 0.3) is 0 Å². The van der Waals surface area contributed by atoms with Crippen LogP contribution < -0.4 is 21.1 Å². The molecule has 26 heavy (non-hydrogen) atoms. The van der Waals surface area contributed by atoms with E-state index in [1.165, 1.54) is 19.9 Å². The third-order valence-corrected chi connectivity index (χ3v) is 5.44. The minimum Gasteiger partial charge on any atom is -0.490 e. The number of nitrogens with two attached hydrogens (primary N) is 1. The van der Waals surface area contributed by atoms with Gasteiger partial charge in [-0.05, 0) is 43.0 Å². The maximum absolute atomic E-state index is 12.6. The second-order valence-corrected chi connectivity index (χ2v) is 7.08. The predicted molar refractivity (Wildman–Crippen MR) is 99.7 cm³/mol. The number of rotatable bonds is 3. The first-order valence-electron chi connectivity index (χ1n) is 8.93. The van der Waals surface area contributed by atoms with E-state index in [0.29, 0.717) is 11.6 Å². The topological polar surface area (TPSA) is 102 Å². The molecule has 0 unspecified atom stereocenters. The van der Waals surface area contributed by atoms with Crippen molar-refractivity contribution in [2.45, 2.75) is 44.6 Å². The fourth-order valence-electron chi connectivity index (χ4n) is 4.25. The normalized spacial score (nSPS) is 17.7. The zero-order valence-corrected chi connectivity index (χ0v) is 15.1. The molecule has 0 saturated heterocycles. The average molecular weight is 353 g/mol. The molecule has 2 heterocycles. The molecular weight excluding hydrogens is 330 g/mol. The van der Waals surface area contributed by atoms with Gasteiger partial charge in [0.05, 0.1) is 12.6 Å². The van der Waals surface area contributed by atoms with Crippen LogP contribution in [0.1, 0.15) is 53.6 Å². The first-order chi connectivity index (χ1) is 12.5. The summed E-state index contributed by atoms with van der Waals surface area (Å²) in [5.74, 6) is 1.24. The molecule has 7 heteroatoms. The molecule has 1 aromatic heterocycles. The van der Waals surface area contributed by atoms with Crippen molar-refractivity contribution in [2.75, 3.05) is 18.2 Å². The number of benzene rings is 1. The maximum Gasteiger partial charge on any atom is 0.252 e. The molecular formula is C19H23N5O2. The number of nitrogens with one attached hydrogen (secondary N) is 2. The number of methoxy groups -OCH3 is 1. The first-order valence-corrected chi connectivity index (χ1v) is 8.93. The number of aryl methyl sites for hydroxylation is 1. The van der Waals surface area contributed by atoms with Crippen molar-refractivity contribution in [1.29, 1.82) is 0 Å². The Labute approximate surface area is 152 Å². The summed E-state index contributed by atoms with van der Waals surface area (Å²) in [5, 5.41) is 6.54. The minimum atomic E-state index is -0.234. The van der Waals surface area contributed by atoms with E-state index in [0.717, 1.165) is 48.1 Å². The van der Waals surface area contributed by atoms with Crippen molar-refractivity contribution < 1.29 is 9.53 Å². The Hall–Kier alpha value is -2.83. The van der Waals surface area contributed by atoms with Crippen molar-refractivity contribution in [3.05, 3.63) is 35.2 Å². The first kappa shape index (κ1) is 16.6. The molecule has 1 aromatic carbocycles. The van der Waals surface area contributed by atoms with Gasteiger partial charge >= 0.3 is 0 Å². The zero-order valence-electron chi connectivity index (χ0n) is 15.1. The minimum absolute atomic E-state index is 0.0369. The molecule has 7 nitrogen and oxygen atoms in total. The summed E-state index contributed by atoms with van der Waals surface area (Å²) in [6.07, 6.45) is 6.85. The van der Waals surface area contributed by atoms with Crippen LogP contribution in [0.3, 0.4) is 0 Å². The number of nitrogen functional groups attached to an aromatic ring is 1. The Bertz CT molecular complexity index is 874. The number of carbonyl (C=O) groups is 1. The molecule has 1 fully saturated rings. The van der Waals surface area contributed by atoms with Gasteiger partial charge in [0, 0.05) is 11.3 Å². The van der Waals surface area contributed by atoms with E-state index in [2.05, 4.69) is 26.7 Å². The van der Waals surface area contributed by atoms with Gasteiger partial charge in [0.2, 0.25) is 5.75 Å². The zero-order chi connectivity index (χ0) is 18.3. The van der Waals surface area contributed by atoms with E-state index >= 15 is 0 Å². The SMILES string of the molecule is COc1c(N)ncnc1Nc1cc(C)c2c(c1)C1(CCCCC1)NC2=O. The Morgan fingerprint density at radius 1 is 1.23 bits per heavy atom. The summed E-state index contributed by atoms with van der Waals surface area (Å²) in [6, 6.07) is 4.02. The van der Waals surface area contributed by atoms with E-state index in [4.69, 9.17) is 10.5 Å². The molecule has 2 aliphatic rings. The van der Waals surface area contributed by atoms with Crippen molar-refractivity contribution in [2.24, 2.45) is 0 Å². The summed E-state index contributed by atoms with van der Waals surface area (Å²) in [6.45, 7) is 1.97. The predicted octanol–water partition coefficient (Wildman–Crippen LogP) is 3.02. The van der Waals surface area contributed by atoms with Gasteiger partial charge in [-0.1, -0.05) is 19.3 Å². The van der Waals surface area contributed by atoms with Crippen LogP contribution in [0.15, 0.2) is 18.5 Å². The number of fused-ring (bicyclic) bond motifs is 2. The molecule has 1 saturated carbocycles. The van der Waals surface area contributed by atoms with Gasteiger partial charge in [-0.25, -0.2) is 9.97 Å². The number of nitrogens with zero attached hydrogens (tertiary/aromatic N) is 2. The fourth-order valence-corrected chi connectivity index (χ4v) is 4.25. The monoisotopic (exact) mass is 353 g/mol. The lowest BCUT2D eigenvalue weighted by Gasteiger charge is -2.34. The van der Waals surface area contributed by atoms with Crippen molar-refractivity contribution in [3.63, 3.8) is 0 Å². The van der Waals surface area contributed by atoms with Gasteiger partial charge in [-0.3, -0.25) is 4.79 Å². The molecule has 4 rings (SSSR count). The average Bonchev–Trinajstić information content (AvgIpc) is 2.88. The number of hydrogen-bond donors (Lipinski definition) is 3. The van der Waals surface area contributed by atoms with Gasteiger partial charge < -0.3 is 21.1 Å². The van der Waals surface area contributed by atoms with Gasteiger partial charge in [0.15, 0.2) is 11.6 Å². The Morgan fingerprint density at radius 2 is 2.00 bits per heavy atom. The van der Waals surface area contributed by atoms with Crippen LogP contribution in [0, 0.1) is 6.92 Å².